The molecule has 0 aliphatic heterocycles. The Kier molecular flexibility index (Phi) is 7.80. The molecule has 0 saturated carbocycles. The molecule has 0 bridgehead atoms. The van der Waals surface area contributed by atoms with Gasteiger partial charge in [0.15, 0.2) is 11.2 Å². The zero-order chi connectivity index (χ0) is 25.7. The van der Waals surface area contributed by atoms with Crippen LogP contribution < -0.4 is 10.2 Å². The monoisotopic (exact) mass is 480 g/mol. The molecule has 9 nitrogen and oxygen atoms in total. The van der Waals surface area contributed by atoms with Gasteiger partial charge in [0.1, 0.15) is 11.3 Å². The lowest BCUT2D eigenvalue weighted by Gasteiger charge is -2.16. The summed E-state index contributed by atoms with van der Waals surface area (Å²) in [6.07, 6.45) is 0.846. The highest BCUT2D eigenvalue weighted by molar-refractivity contribution is 6.04. The van der Waals surface area contributed by atoms with Crippen molar-refractivity contribution < 1.29 is 37.8 Å². The van der Waals surface area contributed by atoms with Crippen molar-refractivity contribution in [1.82, 2.24) is 0 Å². The molecule has 182 valence electrons. The van der Waals surface area contributed by atoms with Gasteiger partial charge in [0.25, 0.3) is 0 Å². The van der Waals surface area contributed by atoms with Gasteiger partial charge in [-0.2, -0.15) is 0 Å². The molecule has 0 radical (unpaired) electrons. The molecule has 0 unspecified atom stereocenters. The molecular formula is C26H24O9. The van der Waals surface area contributed by atoms with Crippen molar-refractivity contribution in [1.29, 1.82) is 0 Å². The SMILES string of the molecule is CCCc1c(OC(=O)c2ccc(C(=O)OC)cc2)c(C(C)=O)cc2c(=O)cc(C(=O)OCC)oc12. The summed E-state index contributed by atoms with van der Waals surface area (Å²) in [6.45, 7) is 4.85. The third-order valence-corrected chi connectivity index (χ3v) is 5.16. The van der Waals surface area contributed by atoms with Gasteiger partial charge in [0.05, 0.1) is 35.8 Å². The molecule has 0 saturated heterocycles. The van der Waals surface area contributed by atoms with Gasteiger partial charge >= 0.3 is 17.9 Å². The maximum atomic E-state index is 12.9. The van der Waals surface area contributed by atoms with Crippen LogP contribution in [0.3, 0.4) is 0 Å². The van der Waals surface area contributed by atoms with Crippen molar-refractivity contribution in [2.24, 2.45) is 0 Å². The predicted molar refractivity (Wildman–Crippen MR) is 125 cm³/mol. The molecule has 0 N–H and O–H groups in total. The lowest BCUT2D eigenvalue weighted by molar-refractivity contribution is 0.0489. The number of methoxy groups -OCH3 is 1. The average molecular weight is 480 g/mol. The van der Waals surface area contributed by atoms with Gasteiger partial charge in [-0.05, 0) is 50.6 Å². The first-order valence-electron chi connectivity index (χ1n) is 10.9. The Bertz CT molecular complexity index is 1360. The fourth-order valence-electron chi connectivity index (χ4n) is 3.51. The van der Waals surface area contributed by atoms with Crippen molar-refractivity contribution in [3.63, 3.8) is 0 Å². The molecule has 9 heteroatoms. The number of fused-ring (bicyclic) bond motifs is 1. The number of carbonyl (C=O) groups excluding carboxylic acids is 4. The first-order chi connectivity index (χ1) is 16.7. The molecule has 2 aromatic carbocycles. The van der Waals surface area contributed by atoms with Crippen molar-refractivity contribution in [2.75, 3.05) is 13.7 Å². The summed E-state index contributed by atoms with van der Waals surface area (Å²) in [4.78, 5) is 62.0. The van der Waals surface area contributed by atoms with E-state index < -0.39 is 29.1 Å². The zero-order valence-corrected chi connectivity index (χ0v) is 19.8. The lowest BCUT2D eigenvalue weighted by atomic mass is 9.98. The molecule has 1 aromatic heterocycles. The minimum Gasteiger partial charge on any atom is -0.465 e. The fourth-order valence-corrected chi connectivity index (χ4v) is 3.51. The number of esters is 3. The minimum atomic E-state index is -0.811. The van der Waals surface area contributed by atoms with E-state index in [0.717, 1.165) is 6.07 Å². The van der Waals surface area contributed by atoms with E-state index in [1.54, 1.807) is 6.92 Å². The number of benzene rings is 2. The molecule has 0 amide bonds. The average Bonchev–Trinajstić information content (AvgIpc) is 2.84. The Morgan fingerprint density at radius 2 is 1.54 bits per heavy atom. The second kappa shape index (κ2) is 10.8. The molecule has 3 rings (SSSR count). The van der Waals surface area contributed by atoms with E-state index in [1.807, 2.05) is 6.92 Å². The van der Waals surface area contributed by atoms with Crippen LogP contribution in [-0.4, -0.2) is 37.4 Å². The Morgan fingerprint density at radius 1 is 0.914 bits per heavy atom. The summed E-state index contributed by atoms with van der Waals surface area (Å²) in [6, 6.07) is 7.90. The number of Topliss-reactive ketones (excluding diaryl/α,β-unsaturated/α-hetero) is 1. The normalized spacial score (nSPS) is 10.6. The van der Waals surface area contributed by atoms with E-state index in [2.05, 4.69) is 4.74 Å². The number of ketones is 1. The Balaban J connectivity index is 2.17. The maximum Gasteiger partial charge on any atom is 0.374 e. The van der Waals surface area contributed by atoms with Gasteiger partial charge in [0, 0.05) is 11.6 Å². The summed E-state index contributed by atoms with van der Waals surface area (Å²) in [5, 5.41) is 0.0777. The van der Waals surface area contributed by atoms with Crippen LogP contribution in [0.15, 0.2) is 45.6 Å². The molecular weight excluding hydrogens is 456 g/mol. The summed E-state index contributed by atoms with van der Waals surface area (Å²) < 4.78 is 21.0. The number of ether oxygens (including phenoxy) is 3. The number of aryl methyl sites for hydroxylation is 1. The van der Waals surface area contributed by atoms with E-state index in [1.165, 1.54) is 44.4 Å². The second-order valence-electron chi connectivity index (χ2n) is 7.57. The van der Waals surface area contributed by atoms with Gasteiger partial charge in [-0.25, -0.2) is 14.4 Å². The summed E-state index contributed by atoms with van der Waals surface area (Å²) >= 11 is 0. The molecule has 0 aliphatic carbocycles. The van der Waals surface area contributed by atoms with Crippen LogP contribution in [-0.2, 0) is 15.9 Å². The van der Waals surface area contributed by atoms with Crippen LogP contribution in [0.1, 0.15) is 74.4 Å². The first-order valence-corrected chi connectivity index (χ1v) is 10.9. The smallest absolute Gasteiger partial charge is 0.374 e. The standard InChI is InChI=1S/C26H24O9/c1-5-7-17-22(35-25(30)16-10-8-15(9-11-16)24(29)32-4)18(14(3)27)12-19-20(28)13-21(34-23(17)19)26(31)33-6-2/h8-13H,5-7H2,1-4H3. The molecule has 1 heterocycles. The Morgan fingerprint density at radius 3 is 2.09 bits per heavy atom. The summed E-state index contributed by atoms with van der Waals surface area (Å²) in [5.41, 5.74) is 0.201. The van der Waals surface area contributed by atoms with Crippen molar-refractivity contribution in [3.05, 3.63) is 74.6 Å². The van der Waals surface area contributed by atoms with E-state index in [9.17, 15) is 24.0 Å². The van der Waals surface area contributed by atoms with Crippen LogP contribution in [0.2, 0.25) is 0 Å². The number of hydrogen-bond acceptors (Lipinski definition) is 9. The van der Waals surface area contributed by atoms with E-state index in [0.29, 0.717) is 12.0 Å². The largest absolute Gasteiger partial charge is 0.465 e. The van der Waals surface area contributed by atoms with Gasteiger partial charge in [0.2, 0.25) is 5.76 Å². The molecule has 0 fully saturated rings. The number of hydrogen-bond donors (Lipinski definition) is 0. The fraction of sp³-hybridized carbons (Fsp3) is 0.269. The lowest BCUT2D eigenvalue weighted by Crippen LogP contribution is -2.16. The molecule has 35 heavy (non-hydrogen) atoms. The highest BCUT2D eigenvalue weighted by Gasteiger charge is 2.25. The zero-order valence-electron chi connectivity index (χ0n) is 19.8. The molecule has 0 atom stereocenters. The van der Waals surface area contributed by atoms with Crippen LogP contribution >= 0.6 is 0 Å². The van der Waals surface area contributed by atoms with Crippen molar-refractivity contribution in [3.8, 4) is 5.75 Å². The van der Waals surface area contributed by atoms with Gasteiger partial charge < -0.3 is 18.6 Å². The van der Waals surface area contributed by atoms with Crippen LogP contribution in [0.5, 0.6) is 5.75 Å². The summed E-state index contributed by atoms with van der Waals surface area (Å²) in [5.74, 6) is -2.94. The van der Waals surface area contributed by atoms with E-state index in [-0.39, 0.29) is 52.2 Å². The minimum absolute atomic E-state index is 0.0247. The third-order valence-electron chi connectivity index (χ3n) is 5.16. The third kappa shape index (κ3) is 5.29. The predicted octanol–water partition coefficient (Wildman–Crippen LogP) is 4.13. The van der Waals surface area contributed by atoms with Crippen LogP contribution in [0.4, 0.5) is 0 Å². The van der Waals surface area contributed by atoms with Crippen LogP contribution in [0, 0.1) is 0 Å². The Labute approximate surface area is 200 Å². The van der Waals surface area contributed by atoms with Gasteiger partial charge in [-0.15, -0.1) is 0 Å². The number of carbonyl (C=O) groups is 4. The first kappa shape index (κ1) is 25.4. The van der Waals surface area contributed by atoms with Gasteiger partial charge in [-0.3, -0.25) is 9.59 Å². The van der Waals surface area contributed by atoms with Crippen molar-refractivity contribution in [2.45, 2.75) is 33.6 Å². The quantitative estimate of drug-likeness (QED) is 0.266. The highest BCUT2D eigenvalue weighted by atomic mass is 16.5. The second-order valence-corrected chi connectivity index (χ2v) is 7.57. The summed E-state index contributed by atoms with van der Waals surface area (Å²) in [7, 11) is 1.24. The topological polar surface area (TPSA) is 126 Å². The van der Waals surface area contributed by atoms with E-state index in [4.69, 9.17) is 13.9 Å². The molecule has 0 aliphatic rings. The molecule has 3 aromatic rings. The van der Waals surface area contributed by atoms with Crippen molar-refractivity contribution >= 4 is 34.7 Å². The highest BCUT2D eigenvalue weighted by Crippen LogP contribution is 2.34. The van der Waals surface area contributed by atoms with Crippen LogP contribution in [0.25, 0.3) is 11.0 Å². The van der Waals surface area contributed by atoms with E-state index >= 15 is 0 Å². The Hall–Kier alpha value is -4.27. The van der Waals surface area contributed by atoms with Gasteiger partial charge in [-0.1, -0.05) is 13.3 Å². The molecule has 0 spiro atoms. The number of rotatable bonds is 8. The maximum absolute atomic E-state index is 12.9.